The van der Waals surface area contributed by atoms with Crippen LogP contribution in [-0.4, -0.2) is 25.2 Å². The number of methoxy groups -OCH3 is 2. The number of nitrogens with one attached hydrogen (secondary N) is 1. The minimum atomic E-state index is 0.0448. The van der Waals surface area contributed by atoms with E-state index in [4.69, 9.17) is 9.47 Å². The van der Waals surface area contributed by atoms with E-state index in [-0.39, 0.29) is 6.10 Å². The molecular weight excluding hydrogens is 236 g/mol. The lowest BCUT2D eigenvalue weighted by atomic mass is 10.3. The minimum Gasteiger partial charge on any atom is -0.378 e. The Morgan fingerprint density at radius 3 is 2.53 bits per heavy atom. The number of hydrogen-bond acceptors (Lipinski definition) is 5. The molecule has 0 aliphatic heterocycles. The molecule has 0 aliphatic rings. The van der Waals surface area contributed by atoms with Crippen LogP contribution in [0.1, 0.15) is 42.5 Å². The number of aromatic nitrogens is 1. The van der Waals surface area contributed by atoms with E-state index in [1.165, 1.54) is 4.88 Å². The lowest BCUT2D eigenvalue weighted by Gasteiger charge is -2.07. The first-order valence-electron chi connectivity index (χ1n) is 5.82. The van der Waals surface area contributed by atoms with E-state index in [1.54, 1.807) is 25.6 Å². The lowest BCUT2D eigenvalue weighted by molar-refractivity contribution is 0.118. The molecule has 1 atom stereocenters. The van der Waals surface area contributed by atoms with Gasteiger partial charge in [-0.1, -0.05) is 13.8 Å². The average Bonchev–Trinajstić information content (AvgIpc) is 2.69. The fourth-order valence-electron chi connectivity index (χ4n) is 1.36. The molecule has 0 radical (unpaired) electrons. The number of hydrogen-bond donors (Lipinski definition) is 1. The van der Waals surface area contributed by atoms with E-state index in [0.717, 1.165) is 17.2 Å². The van der Waals surface area contributed by atoms with Crippen molar-refractivity contribution in [1.29, 1.82) is 0 Å². The molecule has 1 unspecified atom stereocenters. The average molecular weight is 258 g/mol. The third kappa shape index (κ3) is 4.35. The molecule has 0 aromatic carbocycles. The molecule has 0 saturated heterocycles. The van der Waals surface area contributed by atoms with Gasteiger partial charge in [0.25, 0.3) is 0 Å². The molecule has 0 saturated carbocycles. The van der Waals surface area contributed by atoms with Gasteiger partial charge in [0, 0.05) is 31.7 Å². The van der Waals surface area contributed by atoms with Crippen molar-refractivity contribution in [3.05, 3.63) is 15.6 Å². The molecule has 17 heavy (non-hydrogen) atoms. The predicted octanol–water partition coefficient (Wildman–Crippen LogP) is 2.49. The summed E-state index contributed by atoms with van der Waals surface area (Å²) in [6.45, 7) is 7.67. The maximum absolute atomic E-state index is 5.29. The van der Waals surface area contributed by atoms with Crippen LogP contribution < -0.4 is 5.32 Å². The van der Waals surface area contributed by atoms with Gasteiger partial charge in [-0.25, -0.2) is 4.98 Å². The summed E-state index contributed by atoms with van der Waals surface area (Å²) >= 11 is 1.70. The van der Waals surface area contributed by atoms with E-state index in [2.05, 4.69) is 24.1 Å². The summed E-state index contributed by atoms with van der Waals surface area (Å²) in [6.07, 6.45) is 0.0448. The quantitative estimate of drug-likeness (QED) is 0.816. The van der Waals surface area contributed by atoms with Crippen molar-refractivity contribution in [1.82, 2.24) is 10.3 Å². The van der Waals surface area contributed by atoms with Gasteiger partial charge in [0.2, 0.25) is 0 Å². The molecule has 1 heterocycles. The molecule has 0 aliphatic carbocycles. The van der Waals surface area contributed by atoms with Crippen LogP contribution in [0.25, 0.3) is 0 Å². The highest BCUT2D eigenvalue weighted by Gasteiger charge is 2.15. The second kappa shape index (κ2) is 7.06. The van der Waals surface area contributed by atoms with Crippen LogP contribution >= 0.6 is 11.3 Å². The highest BCUT2D eigenvalue weighted by atomic mass is 32.1. The van der Waals surface area contributed by atoms with E-state index in [9.17, 15) is 0 Å². The Morgan fingerprint density at radius 2 is 2.00 bits per heavy atom. The van der Waals surface area contributed by atoms with Crippen LogP contribution in [0, 0.1) is 0 Å². The van der Waals surface area contributed by atoms with Gasteiger partial charge in [-0.05, 0) is 6.92 Å². The van der Waals surface area contributed by atoms with Crippen LogP contribution in [0.4, 0.5) is 0 Å². The third-order valence-corrected chi connectivity index (χ3v) is 3.71. The Labute approximate surface area is 107 Å². The van der Waals surface area contributed by atoms with E-state index in [0.29, 0.717) is 12.6 Å². The highest BCUT2D eigenvalue weighted by Crippen LogP contribution is 2.26. The van der Waals surface area contributed by atoms with Gasteiger partial charge in [0.15, 0.2) is 0 Å². The van der Waals surface area contributed by atoms with Gasteiger partial charge in [-0.2, -0.15) is 0 Å². The van der Waals surface area contributed by atoms with Gasteiger partial charge in [0.05, 0.1) is 12.3 Å². The molecule has 0 fully saturated rings. The summed E-state index contributed by atoms with van der Waals surface area (Å²) in [4.78, 5) is 5.81. The number of ether oxygens (including phenoxy) is 2. The van der Waals surface area contributed by atoms with Crippen molar-refractivity contribution in [3.8, 4) is 0 Å². The molecular formula is C12H22N2O2S. The monoisotopic (exact) mass is 258 g/mol. The molecule has 4 nitrogen and oxygen atoms in total. The Hall–Kier alpha value is -0.490. The first-order valence-corrected chi connectivity index (χ1v) is 6.63. The SMILES string of the molecule is COCc1nc(C(C)OC)sc1CNC(C)C. The summed E-state index contributed by atoms with van der Waals surface area (Å²) in [6, 6.07) is 0.468. The maximum atomic E-state index is 5.29. The minimum absolute atomic E-state index is 0.0448. The second-order valence-electron chi connectivity index (χ2n) is 4.27. The molecule has 98 valence electrons. The van der Waals surface area contributed by atoms with Crippen molar-refractivity contribution >= 4 is 11.3 Å². The summed E-state index contributed by atoms with van der Waals surface area (Å²) in [5.74, 6) is 0. The fraction of sp³-hybridized carbons (Fsp3) is 0.750. The standard InChI is InChI=1S/C12H22N2O2S/c1-8(2)13-6-11-10(7-15-4)14-12(17-11)9(3)16-5/h8-9,13H,6-7H2,1-5H3. The van der Waals surface area contributed by atoms with E-state index >= 15 is 0 Å². The normalized spacial score (nSPS) is 13.3. The van der Waals surface area contributed by atoms with Crippen molar-refractivity contribution in [2.24, 2.45) is 0 Å². The zero-order chi connectivity index (χ0) is 12.8. The highest BCUT2D eigenvalue weighted by molar-refractivity contribution is 7.11. The van der Waals surface area contributed by atoms with Crippen molar-refractivity contribution < 1.29 is 9.47 Å². The summed E-state index contributed by atoms with van der Waals surface area (Å²) < 4.78 is 10.5. The van der Waals surface area contributed by atoms with Crippen molar-refractivity contribution in [2.45, 2.75) is 46.1 Å². The van der Waals surface area contributed by atoms with Crippen LogP contribution in [0.15, 0.2) is 0 Å². The topological polar surface area (TPSA) is 43.4 Å². The summed E-state index contributed by atoms with van der Waals surface area (Å²) in [5.41, 5.74) is 1.02. The first kappa shape index (κ1) is 14.6. The zero-order valence-corrected chi connectivity index (χ0v) is 12.1. The smallest absolute Gasteiger partial charge is 0.122 e. The number of rotatable bonds is 7. The van der Waals surface area contributed by atoms with E-state index < -0.39 is 0 Å². The van der Waals surface area contributed by atoms with Gasteiger partial charge in [0.1, 0.15) is 11.1 Å². The summed E-state index contributed by atoms with van der Waals surface area (Å²) in [7, 11) is 3.40. The van der Waals surface area contributed by atoms with Crippen LogP contribution in [-0.2, 0) is 22.6 Å². The molecule has 0 amide bonds. The molecule has 0 spiro atoms. The van der Waals surface area contributed by atoms with Crippen LogP contribution in [0.3, 0.4) is 0 Å². The van der Waals surface area contributed by atoms with Crippen LogP contribution in [0.5, 0.6) is 0 Å². The number of thiazole rings is 1. The lowest BCUT2D eigenvalue weighted by Crippen LogP contribution is -2.21. The zero-order valence-electron chi connectivity index (χ0n) is 11.2. The Balaban J connectivity index is 2.80. The fourth-order valence-corrected chi connectivity index (χ4v) is 2.41. The number of nitrogens with zero attached hydrogens (tertiary/aromatic N) is 1. The van der Waals surface area contributed by atoms with Gasteiger partial charge in [-0.3, -0.25) is 0 Å². The Bertz CT molecular complexity index is 339. The van der Waals surface area contributed by atoms with E-state index in [1.807, 2.05) is 6.92 Å². The third-order valence-electron chi connectivity index (χ3n) is 2.45. The van der Waals surface area contributed by atoms with Gasteiger partial charge < -0.3 is 14.8 Å². The molecule has 1 aromatic rings. The largest absolute Gasteiger partial charge is 0.378 e. The molecule has 1 aromatic heterocycles. The Morgan fingerprint density at radius 1 is 1.29 bits per heavy atom. The summed E-state index contributed by atoms with van der Waals surface area (Å²) in [5, 5.41) is 4.42. The molecule has 5 heteroatoms. The second-order valence-corrected chi connectivity index (χ2v) is 5.38. The molecule has 0 bridgehead atoms. The van der Waals surface area contributed by atoms with Gasteiger partial charge in [-0.15, -0.1) is 11.3 Å². The van der Waals surface area contributed by atoms with Crippen LogP contribution in [0.2, 0.25) is 0 Å². The maximum Gasteiger partial charge on any atom is 0.122 e. The Kier molecular flexibility index (Phi) is 6.05. The molecule has 1 N–H and O–H groups in total. The molecule has 1 rings (SSSR count). The predicted molar refractivity (Wildman–Crippen MR) is 70.2 cm³/mol. The van der Waals surface area contributed by atoms with Crippen molar-refractivity contribution in [2.75, 3.05) is 14.2 Å². The van der Waals surface area contributed by atoms with Gasteiger partial charge >= 0.3 is 0 Å². The van der Waals surface area contributed by atoms with Crippen molar-refractivity contribution in [3.63, 3.8) is 0 Å². The first-order chi connectivity index (χ1) is 8.08.